The number of hydrogen-bond donors (Lipinski definition) is 0. The van der Waals surface area contributed by atoms with E-state index in [1.165, 1.54) is 31.2 Å². The summed E-state index contributed by atoms with van der Waals surface area (Å²) >= 11 is 6.16. The molecule has 0 saturated carbocycles. The van der Waals surface area contributed by atoms with Gasteiger partial charge in [-0.15, -0.1) is 0 Å². The monoisotopic (exact) mass is 592 g/mol. The van der Waals surface area contributed by atoms with Crippen molar-refractivity contribution in [2.45, 2.75) is 38.1 Å². The van der Waals surface area contributed by atoms with Gasteiger partial charge in [0, 0.05) is 61.8 Å². The molecule has 10 heteroatoms. The molecule has 0 bridgehead atoms. The lowest BCUT2D eigenvalue weighted by atomic mass is 9.82. The normalized spacial score (nSPS) is 20.8. The Bertz CT molecular complexity index is 1440. The zero-order valence-corrected chi connectivity index (χ0v) is 24.7. The van der Waals surface area contributed by atoms with Crippen LogP contribution in [0.25, 0.3) is 0 Å². The van der Waals surface area contributed by atoms with Crippen LogP contribution in [0.4, 0.5) is 15.0 Å². The van der Waals surface area contributed by atoms with Crippen LogP contribution >= 0.6 is 11.6 Å². The third kappa shape index (κ3) is 6.11. The van der Waals surface area contributed by atoms with E-state index >= 15 is 0 Å². The lowest BCUT2D eigenvalue weighted by Gasteiger charge is -2.39. The predicted molar refractivity (Wildman–Crippen MR) is 159 cm³/mol. The fraction of sp³-hybridized carbons (Fsp3) is 0.375. The minimum absolute atomic E-state index is 0.0257. The summed E-state index contributed by atoms with van der Waals surface area (Å²) in [4.78, 5) is 48.7. The molecule has 220 valence electrons. The molecule has 5 rings (SSSR count). The molecule has 0 radical (unpaired) electrons. The molecule has 3 heterocycles. The summed E-state index contributed by atoms with van der Waals surface area (Å²) in [6.07, 6.45) is 2.36. The van der Waals surface area contributed by atoms with Gasteiger partial charge in [-0.3, -0.25) is 9.59 Å². The summed E-state index contributed by atoms with van der Waals surface area (Å²) in [5.74, 6) is 0.318. The fourth-order valence-corrected chi connectivity index (χ4v) is 6.05. The Kier molecular flexibility index (Phi) is 8.50. The molecule has 42 heavy (non-hydrogen) atoms. The number of halogens is 2. The molecule has 2 aliphatic heterocycles. The highest BCUT2D eigenvalue weighted by atomic mass is 35.5. The van der Waals surface area contributed by atoms with Gasteiger partial charge in [-0.1, -0.05) is 23.7 Å². The van der Waals surface area contributed by atoms with Crippen molar-refractivity contribution < 1.29 is 23.5 Å². The maximum absolute atomic E-state index is 13.9. The molecular formula is C32H34ClFN4O4. The molecule has 0 N–H and O–H groups in total. The van der Waals surface area contributed by atoms with Gasteiger partial charge >= 0.3 is 6.09 Å². The predicted octanol–water partition coefficient (Wildman–Crippen LogP) is 5.81. The van der Waals surface area contributed by atoms with Crippen LogP contribution in [0.15, 0.2) is 66.9 Å². The van der Waals surface area contributed by atoms with Gasteiger partial charge in [-0.05, 0) is 80.8 Å². The van der Waals surface area contributed by atoms with Crippen LogP contribution < -0.4 is 9.64 Å². The Balaban J connectivity index is 1.30. The SMILES string of the molecule is CC(=O)c1ccc(N2CCC(C(=O)N3C[C@H](c4ccc(Cl)cc4)[C@@](C)(N(C)C(=O)Oc4ccc(F)cc4)C3)CC2)nc1. The number of aromatic nitrogens is 1. The molecule has 3 aromatic rings. The lowest BCUT2D eigenvalue weighted by Crippen LogP contribution is -2.53. The van der Waals surface area contributed by atoms with E-state index in [-0.39, 0.29) is 29.3 Å². The van der Waals surface area contributed by atoms with Crippen molar-refractivity contribution in [2.24, 2.45) is 5.92 Å². The number of likely N-dealkylation sites (tertiary alicyclic amines) is 1. The van der Waals surface area contributed by atoms with E-state index in [1.54, 1.807) is 24.2 Å². The molecular weight excluding hydrogens is 559 g/mol. The minimum atomic E-state index is -0.774. The number of nitrogens with zero attached hydrogens (tertiary/aromatic N) is 4. The molecule has 8 nitrogen and oxygen atoms in total. The van der Waals surface area contributed by atoms with Gasteiger partial charge in [0.15, 0.2) is 5.78 Å². The number of pyridine rings is 1. The van der Waals surface area contributed by atoms with E-state index in [0.29, 0.717) is 49.6 Å². The van der Waals surface area contributed by atoms with Gasteiger partial charge in [0.2, 0.25) is 5.91 Å². The Morgan fingerprint density at radius 3 is 2.29 bits per heavy atom. The number of piperidine rings is 1. The van der Waals surface area contributed by atoms with Crippen molar-refractivity contribution in [1.82, 2.24) is 14.8 Å². The molecule has 2 saturated heterocycles. The van der Waals surface area contributed by atoms with Crippen molar-refractivity contribution in [3.8, 4) is 5.75 Å². The topological polar surface area (TPSA) is 83.1 Å². The second-order valence-corrected chi connectivity index (χ2v) is 11.7. The molecule has 0 spiro atoms. The lowest BCUT2D eigenvalue weighted by molar-refractivity contribution is -0.135. The summed E-state index contributed by atoms with van der Waals surface area (Å²) in [5.41, 5.74) is 0.764. The number of carbonyl (C=O) groups excluding carboxylic acids is 3. The Labute approximate surface area is 250 Å². The van der Waals surface area contributed by atoms with Crippen molar-refractivity contribution in [1.29, 1.82) is 0 Å². The molecule has 2 aliphatic rings. The first kappa shape index (κ1) is 29.5. The van der Waals surface area contributed by atoms with Crippen molar-refractivity contribution in [3.63, 3.8) is 0 Å². The Morgan fingerprint density at radius 1 is 1.02 bits per heavy atom. The van der Waals surface area contributed by atoms with Crippen LogP contribution in [0, 0.1) is 11.7 Å². The Hall–Kier alpha value is -3.98. The highest BCUT2D eigenvalue weighted by molar-refractivity contribution is 6.30. The van der Waals surface area contributed by atoms with Gasteiger partial charge in [0.25, 0.3) is 0 Å². The molecule has 2 fully saturated rings. The number of anilines is 1. The number of likely N-dealkylation sites (N-methyl/N-ethyl adjacent to an activating group) is 1. The summed E-state index contributed by atoms with van der Waals surface area (Å²) < 4.78 is 18.9. The highest BCUT2D eigenvalue weighted by Gasteiger charge is 2.51. The molecule has 2 amide bonds. The third-order valence-corrected chi connectivity index (χ3v) is 8.88. The first-order valence-electron chi connectivity index (χ1n) is 14.0. The summed E-state index contributed by atoms with van der Waals surface area (Å²) in [7, 11) is 1.67. The third-order valence-electron chi connectivity index (χ3n) is 8.63. The zero-order valence-electron chi connectivity index (χ0n) is 23.9. The molecule has 2 atom stereocenters. The standard InChI is InChI=1S/C32H34ClFN4O4/c1-21(39)24-6-13-29(35-18-24)37-16-14-23(15-17-37)30(40)38-19-28(22-4-7-25(33)8-5-22)32(2,20-38)36(3)31(41)42-27-11-9-26(34)10-12-27/h4-13,18,23,28H,14-17,19-20H2,1-3H3/t28-,32+/m1/s1. The van der Waals surface area contributed by atoms with Gasteiger partial charge in [0.05, 0.1) is 5.54 Å². The van der Waals surface area contributed by atoms with Gasteiger partial charge < -0.3 is 19.4 Å². The number of carbonyl (C=O) groups is 3. The van der Waals surface area contributed by atoms with Crippen LogP contribution in [0.2, 0.25) is 5.02 Å². The first-order valence-corrected chi connectivity index (χ1v) is 14.4. The van der Waals surface area contributed by atoms with Crippen molar-refractivity contribution >= 4 is 35.2 Å². The van der Waals surface area contributed by atoms with Crippen LogP contribution in [0.3, 0.4) is 0 Å². The van der Waals surface area contributed by atoms with E-state index in [1.807, 2.05) is 42.2 Å². The first-order chi connectivity index (χ1) is 20.0. The summed E-state index contributed by atoms with van der Waals surface area (Å²) in [6.45, 7) is 5.62. The highest BCUT2D eigenvalue weighted by Crippen LogP contribution is 2.41. The smallest absolute Gasteiger partial charge is 0.410 e. The number of hydrogen-bond acceptors (Lipinski definition) is 6. The average Bonchev–Trinajstić information content (AvgIpc) is 3.36. The minimum Gasteiger partial charge on any atom is -0.410 e. The van der Waals surface area contributed by atoms with Crippen LogP contribution in [-0.2, 0) is 4.79 Å². The molecule has 1 aromatic heterocycles. The van der Waals surface area contributed by atoms with Gasteiger partial charge in [0.1, 0.15) is 17.4 Å². The zero-order chi connectivity index (χ0) is 30.0. The largest absolute Gasteiger partial charge is 0.415 e. The maximum atomic E-state index is 13.9. The van der Waals surface area contributed by atoms with Crippen LogP contribution in [0.5, 0.6) is 5.75 Å². The average molecular weight is 593 g/mol. The van der Waals surface area contributed by atoms with Gasteiger partial charge in [-0.25, -0.2) is 14.2 Å². The number of benzene rings is 2. The summed E-state index contributed by atoms with van der Waals surface area (Å²) in [6, 6.07) is 16.4. The number of rotatable bonds is 6. The number of ether oxygens (including phenoxy) is 1. The van der Waals surface area contributed by atoms with E-state index in [9.17, 15) is 18.8 Å². The van der Waals surface area contributed by atoms with Crippen LogP contribution in [-0.4, -0.2) is 71.3 Å². The molecule has 0 aliphatic carbocycles. The Morgan fingerprint density at radius 2 is 1.69 bits per heavy atom. The van der Waals surface area contributed by atoms with Crippen molar-refractivity contribution in [2.75, 3.05) is 38.1 Å². The molecule has 0 unspecified atom stereocenters. The number of Topliss-reactive ketones (excluding diaryl/α,β-unsaturated/α-hetero) is 1. The maximum Gasteiger partial charge on any atom is 0.415 e. The molecule has 2 aromatic carbocycles. The van der Waals surface area contributed by atoms with E-state index < -0.39 is 17.4 Å². The van der Waals surface area contributed by atoms with Crippen molar-refractivity contribution in [3.05, 3.63) is 88.8 Å². The van der Waals surface area contributed by atoms with E-state index in [0.717, 1.165) is 11.4 Å². The fourth-order valence-electron chi connectivity index (χ4n) is 5.92. The van der Waals surface area contributed by atoms with E-state index in [2.05, 4.69) is 9.88 Å². The van der Waals surface area contributed by atoms with Gasteiger partial charge in [-0.2, -0.15) is 0 Å². The number of amides is 2. The van der Waals surface area contributed by atoms with Crippen LogP contribution in [0.1, 0.15) is 48.5 Å². The second kappa shape index (κ2) is 12.1. The second-order valence-electron chi connectivity index (χ2n) is 11.3. The quantitative estimate of drug-likeness (QED) is 0.336. The number of ketones is 1. The summed E-state index contributed by atoms with van der Waals surface area (Å²) in [5, 5.41) is 0.604. The van der Waals surface area contributed by atoms with E-state index in [4.69, 9.17) is 16.3 Å².